The number of hydrogen-bond acceptors (Lipinski definition) is 10. The topological polar surface area (TPSA) is 109 Å². The first kappa shape index (κ1) is 65.5. The molecule has 11 nitrogen and oxygen atoms in total. The fourth-order valence-electron chi connectivity index (χ4n) is 20.6. The highest BCUT2D eigenvalue weighted by atomic mass is 32.1. The van der Waals surface area contributed by atoms with Gasteiger partial charge in [0.1, 0.15) is 27.7 Å². The highest BCUT2D eigenvalue weighted by Crippen LogP contribution is 2.52. The molecule has 0 saturated carbocycles. The molecular formula is C108H56N10OS3. The van der Waals surface area contributed by atoms with Crippen LogP contribution < -0.4 is 0 Å². The molecule has 0 N–H and O–H groups in total. The smallest absolute Gasteiger partial charge is 0.165 e. The summed E-state index contributed by atoms with van der Waals surface area (Å²) in [4.78, 5) is 30.9. The van der Waals surface area contributed by atoms with E-state index >= 15 is 0 Å². The Morgan fingerprint density at radius 2 is 0.631 bits per heavy atom. The van der Waals surface area contributed by atoms with Gasteiger partial charge in [0.05, 0.1) is 82.6 Å². The van der Waals surface area contributed by atoms with Crippen molar-refractivity contribution in [3.8, 4) is 27.9 Å². The predicted molar refractivity (Wildman–Crippen MR) is 514 cm³/mol. The maximum absolute atomic E-state index is 6.18. The van der Waals surface area contributed by atoms with E-state index in [9.17, 15) is 0 Å². The fraction of sp³-hybridized carbons (Fsp3) is 0. The molecule has 0 saturated heterocycles. The molecule has 0 fully saturated rings. The van der Waals surface area contributed by atoms with Crippen LogP contribution in [0, 0.1) is 0 Å². The van der Waals surface area contributed by atoms with Gasteiger partial charge in [-0.1, -0.05) is 200 Å². The predicted octanol–water partition coefficient (Wildman–Crippen LogP) is 29.8. The molecule has 0 aliphatic rings. The number of nitrogens with zero attached hydrogens (tertiary/aromatic N) is 10. The minimum Gasteiger partial charge on any atom is -0.456 e. The van der Waals surface area contributed by atoms with Crippen LogP contribution in [0.3, 0.4) is 0 Å². The van der Waals surface area contributed by atoms with E-state index in [1.54, 1.807) is 0 Å². The van der Waals surface area contributed by atoms with Crippen LogP contribution in [0.1, 0.15) is 0 Å². The summed E-state index contributed by atoms with van der Waals surface area (Å²) < 4.78 is 23.3. The van der Waals surface area contributed by atoms with Gasteiger partial charge < -0.3 is 8.98 Å². The van der Waals surface area contributed by atoms with E-state index in [4.69, 9.17) is 34.3 Å². The highest BCUT2D eigenvalue weighted by Gasteiger charge is 2.29. The van der Waals surface area contributed by atoms with E-state index in [1.165, 1.54) is 181 Å². The number of hydrogen-bond donors (Lipinski definition) is 0. The van der Waals surface area contributed by atoms with Crippen molar-refractivity contribution in [1.82, 2.24) is 47.7 Å². The molecule has 31 aromatic rings. The van der Waals surface area contributed by atoms with E-state index in [2.05, 4.69) is 297 Å². The lowest BCUT2D eigenvalue weighted by molar-refractivity contribution is 0.669. The van der Waals surface area contributed by atoms with Crippen molar-refractivity contribution in [3.05, 3.63) is 340 Å². The molecule has 562 valence electrons. The Labute approximate surface area is 700 Å². The van der Waals surface area contributed by atoms with Crippen molar-refractivity contribution in [2.24, 2.45) is 0 Å². The van der Waals surface area contributed by atoms with Crippen molar-refractivity contribution in [3.63, 3.8) is 0 Å². The summed E-state index contributed by atoms with van der Waals surface area (Å²) >= 11 is 5.62. The summed E-state index contributed by atoms with van der Waals surface area (Å²) in [7, 11) is 0. The van der Waals surface area contributed by atoms with E-state index < -0.39 is 0 Å². The third-order valence-electron chi connectivity index (χ3n) is 25.8. The Hall–Kier alpha value is -15.6. The summed E-state index contributed by atoms with van der Waals surface area (Å²) in [5, 5.41) is 23.6. The number of rotatable bonds is 3. The Morgan fingerprint density at radius 3 is 1.28 bits per heavy atom. The van der Waals surface area contributed by atoms with E-state index in [0.717, 1.165) is 99.4 Å². The molecule has 0 unspecified atom stereocenters. The zero-order valence-electron chi connectivity index (χ0n) is 64.4. The number of benzene rings is 17. The first-order chi connectivity index (χ1) is 60.5. The maximum atomic E-state index is 6.18. The third kappa shape index (κ3) is 8.84. The van der Waals surface area contributed by atoms with Gasteiger partial charge in [-0.2, -0.15) is 0 Å². The molecule has 0 amide bonds. The van der Waals surface area contributed by atoms with Gasteiger partial charge in [-0.15, -0.1) is 34.0 Å². The van der Waals surface area contributed by atoms with Crippen molar-refractivity contribution < 1.29 is 4.42 Å². The largest absolute Gasteiger partial charge is 0.456 e. The molecule has 0 aliphatic heterocycles. The molecule has 31 rings (SSSR count). The van der Waals surface area contributed by atoms with Crippen LogP contribution in [0.4, 0.5) is 0 Å². The summed E-state index contributed by atoms with van der Waals surface area (Å²) in [5.74, 6) is 0. The second-order valence-corrected chi connectivity index (χ2v) is 35.4. The standard InChI is InChI=1S/C44H24N4S.C38H19N3S2.C26H13N3O/c1-2-10-27(11-3-1)47-36-16-8-4-12-28(36)30-22-25(18-20-38(30)47)26-19-21-39-31(23-26)33-24-32-29-13-5-9-17-37(29)48-42(32)40(43(33)49-39)41-44(48)46-35-15-7-6-14-34(35)45-41;1-5-11-30-22(7-1)26-19-27-25-16-14-21(20-13-15-24-23-8-2-6-12-31(23)42-32(24)17-20)18-33(25)43-37(27)34-35-38(41(30)36(26)34)40-29-10-4-3-9-28(29)39-35;1-4-11-20-16(6-1)22-21(30-20)13-12-15-14-7-5-8-17-23-26(29(24(14)17)25(15)22)28-19-10-3-2-9-18(19)27-23/h1-24H;1-19H;1-13H. The molecule has 14 aromatic heterocycles. The summed E-state index contributed by atoms with van der Waals surface area (Å²) in [6.07, 6.45) is 0. The van der Waals surface area contributed by atoms with E-state index in [-0.39, 0.29) is 0 Å². The van der Waals surface area contributed by atoms with Crippen LogP contribution in [-0.4, -0.2) is 47.7 Å². The molecule has 14 heterocycles. The summed E-state index contributed by atoms with van der Waals surface area (Å²) in [5.41, 5.74) is 28.6. The monoisotopic (exact) mass is 1600 g/mol. The average Bonchev–Trinajstić information content (AvgIpc) is 1.52. The van der Waals surface area contributed by atoms with Crippen LogP contribution in [0.25, 0.3) is 280 Å². The van der Waals surface area contributed by atoms with Crippen LogP contribution in [0.2, 0.25) is 0 Å². The Morgan fingerprint density at radius 1 is 0.213 bits per heavy atom. The van der Waals surface area contributed by atoms with Crippen LogP contribution in [-0.2, 0) is 0 Å². The highest BCUT2D eigenvalue weighted by molar-refractivity contribution is 7.27. The van der Waals surface area contributed by atoms with Gasteiger partial charge in [0, 0.05) is 131 Å². The van der Waals surface area contributed by atoms with Gasteiger partial charge in [0.15, 0.2) is 16.9 Å². The first-order valence-electron chi connectivity index (χ1n) is 41.0. The lowest BCUT2D eigenvalue weighted by Crippen LogP contribution is -1.92. The molecule has 0 atom stereocenters. The van der Waals surface area contributed by atoms with Crippen LogP contribution in [0.15, 0.2) is 344 Å². The molecule has 122 heavy (non-hydrogen) atoms. The number of furan rings is 1. The number of para-hydroxylation sites is 12. The molecule has 0 radical (unpaired) electrons. The van der Waals surface area contributed by atoms with Gasteiger partial charge in [-0.3, -0.25) is 13.2 Å². The summed E-state index contributed by atoms with van der Waals surface area (Å²) in [6, 6.07) is 122. The quantitative estimate of drug-likeness (QED) is 0.173. The number of aromatic nitrogens is 10. The van der Waals surface area contributed by atoms with Crippen molar-refractivity contribution >= 4 is 286 Å². The third-order valence-corrected chi connectivity index (χ3v) is 29.4. The van der Waals surface area contributed by atoms with Gasteiger partial charge in [0.2, 0.25) is 0 Å². The van der Waals surface area contributed by atoms with Crippen LogP contribution in [0.5, 0.6) is 0 Å². The minimum absolute atomic E-state index is 0.895. The molecule has 17 aromatic carbocycles. The second-order valence-electron chi connectivity index (χ2n) is 32.2. The van der Waals surface area contributed by atoms with Crippen molar-refractivity contribution in [1.29, 1.82) is 0 Å². The Balaban J connectivity index is 0.0000000947. The average molecular weight is 1610 g/mol. The number of thiophene rings is 3. The van der Waals surface area contributed by atoms with Crippen LogP contribution >= 0.6 is 34.0 Å². The normalized spacial score (nSPS) is 12.6. The van der Waals surface area contributed by atoms with Gasteiger partial charge in [-0.25, -0.2) is 29.9 Å². The van der Waals surface area contributed by atoms with E-state index in [1.807, 2.05) is 94.7 Å². The van der Waals surface area contributed by atoms with Crippen molar-refractivity contribution in [2.45, 2.75) is 0 Å². The van der Waals surface area contributed by atoms with Gasteiger partial charge in [0.25, 0.3) is 0 Å². The van der Waals surface area contributed by atoms with Gasteiger partial charge >= 0.3 is 0 Å². The van der Waals surface area contributed by atoms with Gasteiger partial charge in [-0.05, 0) is 162 Å². The first-order valence-corrected chi connectivity index (χ1v) is 43.5. The maximum Gasteiger partial charge on any atom is 0.165 e. The zero-order chi connectivity index (χ0) is 79.0. The molecule has 0 bridgehead atoms. The zero-order valence-corrected chi connectivity index (χ0v) is 66.9. The minimum atomic E-state index is 0.895. The molecule has 14 heteroatoms. The lowest BCUT2D eigenvalue weighted by atomic mass is 9.99. The Bertz CT molecular complexity index is 10000. The molecule has 0 aliphatic carbocycles. The molecule has 0 spiro atoms. The molecular weight excluding hydrogens is 1550 g/mol. The van der Waals surface area contributed by atoms with Crippen molar-refractivity contribution in [2.75, 3.05) is 0 Å². The second kappa shape index (κ2) is 24.1. The van der Waals surface area contributed by atoms with E-state index in [0.29, 0.717) is 0 Å². The SMILES string of the molecule is c1ccc(-n2c3ccccc3c3cc(-c4ccc5sc6c(cc7c8ccccc8n8c9nc%10ccccc%10nc9c6c78)c5c4)ccc32)cc1.c1ccc2nc3c(nc2c1)c1c2sc4cc(-c5ccc6c(c5)sc5ccccc56)ccc4c2cc2c4ccccc4n3c21.c1ccc2nc3c(nc2c1)c1cccc2c4ccc5oc6ccccc6c5c4n3c21. The lowest BCUT2D eigenvalue weighted by Gasteiger charge is -2.08. The Kier molecular flexibility index (Phi) is 12.9. The fourth-order valence-corrected chi connectivity index (χ4v) is 24.2. The summed E-state index contributed by atoms with van der Waals surface area (Å²) in [6.45, 7) is 0. The number of fused-ring (bicyclic) bond motifs is 39.